The van der Waals surface area contributed by atoms with Gasteiger partial charge in [0.15, 0.2) is 11.4 Å². The van der Waals surface area contributed by atoms with Crippen molar-refractivity contribution in [2.45, 2.75) is 18.0 Å². The third kappa shape index (κ3) is 4.31. The summed E-state index contributed by atoms with van der Waals surface area (Å²) in [7, 11) is 0. The molecule has 4 aromatic rings. The Labute approximate surface area is 205 Å². The number of nitrogens with one attached hydrogen (secondary N) is 1. The van der Waals surface area contributed by atoms with Crippen LogP contribution >= 0.6 is 15.9 Å². The fourth-order valence-electron chi connectivity index (χ4n) is 3.37. The number of nitrogens with zero attached hydrogens (tertiary/aromatic N) is 1. The number of anilines is 1. The van der Waals surface area contributed by atoms with Crippen LogP contribution in [0.3, 0.4) is 0 Å². The molecule has 3 aromatic carbocycles. The van der Waals surface area contributed by atoms with E-state index in [1.54, 1.807) is 18.2 Å². The Bertz CT molecular complexity index is 1430. The molecule has 188 valence electrons. The van der Waals surface area contributed by atoms with Crippen molar-refractivity contribution < 1.29 is 44.3 Å². The van der Waals surface area contributed by atoms with E-state index in [0.717, 1.165) is 6.07 Å². The second-order valence-electron chi connectivity index (χ2n) is 7.47. The Hall–Kier alpha value is -3.48. The third-order valence-electron chi connectivity index (χ3n) is 5.14. The molecule has 1 amide bonds. The lowest BCUT2D eigenvalue weighted by Crippen LogP contribution is -2.50. The highest BCUT2D eigenvalue weighted by Gasteiger charge is 2.73. The van der Waals surface area contributed by atoms with Gasteiger partial charge in [0.05, 0.1) is 11.3 Å². The van der Waals surface area contributed by atoms with Crippen molar-refractivity contribution in [1.29, 1.82) is 0 Å². The summed E-state index contributed by atoms with van der Waals surface area (Å²) in [5.41, 5.74) is -8.86. The van der Waals surface area contributed by atoms with Crippen LogP contribution in [0.2, 0.25) is 0 Å². The first-order valence-electron chi connectivity index (χ1n) is 9.82. The van der Waals surface area contributed by atoms with Gasteiger partial charge < -0.3 is 9.73 Å². The molecule has 0 fully saturated rings. The van der Waals surface area contributed by atoms with Crippen LogP contribution in [-0.4, -0.2) is 23.2 Å². The zero-order valence-electron chi connectivity index (χ0n) is 17.4. The number of aromatic nitrogens is 1. The molecule has 0 saturated heterocycles. The van der Waals surface area contributed by atoms with Gasteiger partial charge in [-0.1, -0.05) is 24.3 Å². The minimum Gasteiger partial charge on any atom is -0.436 e. The minimum absolute atomic E-state index is 0.205. The molecule has 0 unspecified atom stereocenters. The van der Waals surface area contributed by atoms with Crippen LogP contribution in [0.15, 0.2) is 69.6 Å². The van der Waals surface area contributed by atoms with Crippen LogP contribution in [0, 0.1) is 5.82 Å². The molecule has 0 saturated carbocycles. The summed E-state index contributed by atoms with van der Waals surface area (Å²) in [6.07, 6.45) is -12.7. The minimum atomic E-state index is -6.33. The van der Waals surface area contributed by atoms with Gasteiger partial charge in [-0.3, -0.25) is 4.79 Å². The molecule has 0 bridgehead atoms. The lowest BCUT2D eigenvalue weighted by atomic mass is 9.94. The summed E-state index contributed by atoms with van der Waals surface area (Å²) < 4.78 is 113. The highest BCUT2D eigenvalue weighted by Crippen LogP contribution is 2.54. The SMILES string of the molecule is O=C(Nc1cccc(-c2nc3c(Br)cc(C(F)(C(F)(F)F)C(F)(F)F)cc3o2)c1F)c1ccccc1. The molecular formula is C23H11BrF8N2O2. The predicted molar refractivity (Wildman–Crippen MR) is 116 cm³/mol. The van der Waals surface area contributed by atoms with Crippen LogP contribution < -0.4 is 5.32 Å². The van der Waals surface area contributed by atoms with Gasteiger partial charge in [-0.25, -0.2) is 13.8 Å². The van der Waals surface area contributed by atoms with Crippen molar-refractivity contribution >= 4 is 38.6 Å². The van der Waals surface area contributed by atoms with E-state index in [1.165, 1.54) is 24.3 Å². The highest BCUT2D eigenvalue weighted by molar-refractivity contribution is 9.10. The summed E-state index contributed by atoms with van der Waals surface area (Å²) in [4.78, 5) is 16.3. The Morgan fingerprint density at radius 2 is 1.53 bits per heavy atom. The fraction of sp³-hybridized carbons (Fsp3) is 0.130. The third-order valence-corrected chi connectivity index (χ3v) is 5.75. The summed E-state index contributed by atoms with van der Waals surface area (Å²) in [6, 6.07) is 12.0. The maximum Gasteiger partial charge on any atom is 0.435 e. The van der Waals surface area contributed by atoms with Gasteiger partial charge >= 0.3 is 18.0 Å². The second kappa shape index (κ2) is 8.87. The number of hydrogen-bond donors (Lipinski definition) is 1. The van der Waals surface area contributed by atoms with E-state index < -0.39 is 51.3 Å². The average molecular weight is 579 g/mol. The maximum absolute atomic E-state index is 15.2. The number of oxazole rings is 1. The lowest BCUT2D eigenvalue weighted by molar-refractivity contribution is -0.348. The Balaban J connectivity index is 1.78. The lowest BCUT2D eigenvalue weighted by Gasteiger charge is -2.30. The van der Waals surface area contributed by atoms with Crippen molar-refractivity contribution in [3.05, 3.63) is 82.1 Å². The number of carbonyl (C=O) groups excluding carboxylic acids is 1. The van der Waals surface area contributed by atoms with E-state index in [2.05, 4.69) is 26.2 Å². The van der Waals surface area contributed by atoms with Crippen molar-refractivity contribution in [2.75, 3.05) is 5.32 Å². The van der Waals surface area contributed by atoms with E-state index in [4.69, 9.17) is 4.42 Å². The van der Waals surface area contributed by atoms with E-state index in [-0.39, 0.29) is 34.5 Å². The van der Waals surface area contributed by atoms with Crippen LogP contribution in [0.4, 0.5) is 40.8 Å². The molecule has 1 heterocycles. The van der Waals surface area contributed by atoms with E-state index >= 15 is 4.39 Å². The summed E-state index contributed by atoms with van der Waals surface area (Å²) in [5, 5.41) is 2.35. The molecule has 0 aliphatic heterocycles. The Morgan fingerprint density at radius 3 is 2.14 bits per heavy atom. The molecule has 4 nitrogen and oxygen atoms in total. The number of hydrogen-bond acceptors (Lipinski definition) is 3. The maximum atomic E-state index is 15.2. The van der Waals surface area contributed by atoms with Crippen LogP contribution in [0.25, 0.3) is 22.6 Å². The van der Waals surface area contributed by atoms with Gasteiger partial charge in [0.25, 0.3) is 5.91 Å². The highest BCUT2D eigenvalue weighted by atomic mass is 79.9. The van der Waals surface area contributed by atoms with Crippen LogP contribution in [0.1, 0.15) is 15.9 Å². The second-order valence-corrected chi connectivity index (χ2v) is 8.32. The molecule has 0 aliphatic carbocycles. The molecule has 0 atom stereocenters. The quantitative estimate of drug-likeness (QED) is 0.250. The molecule has 0 spiro atoms. The number of fused-ring (bicyclic) bond motifs is 1. The first kappa shape index (κ1) is 25.6. The Morgan fingerprint density at radius 1 is 0.889 bits per heavy atom. The largest absolute Gasteiger partial charge is 0.436 e. The fourth-order valence-corrected chi connectivity index (χ4v) is 3.90. The molecule has 0 radical (unpaired) electrons. The monoisotopic (exact) mass is 578 g/mol. The summed E-state index contributed by atoms with van der Waals surface area (Å²) in [5.74, 6) is -2.20. The van der Waals surface area contributed by atoms with Gasteiger partial charge in [0.1, 0.15) is 5.52 Å². The number of alkyl halides is 7. The zero-order valence-corrected chi connectivity index (χ0v) is 19.0. The number of amides is 1. The number of rotatable bonds is 4. The van der Waals surface area contributed by atoms with Gasteiger partial charge in [0, 0.05) is 15.6 Å². The summed E-state index contributed by atoms with van der Waals surface area (Å²) in [6.45, 7) is 0. The van der Waals surface area contributed by atoms with Crippen molar-refractivity contribution in [2.24, 2.45) is 0 Å². The molecule has 0 aliphatic rings. The van der Waals surface area contributed by atoms with Crippen molar-refractivity contribution in [3.8, 4) is 11.5 Å². The first-order valence-corrected chi connectivity index (χ1v) is 10.6. The Kier molecular flexibility index (Phi) is 6.31. The molecule has 13 heteroatoms. The standard InChI is InChI=1S/C23H11BrF8N2O2/c24-14-9-12(21(26,22(27,28)29)23(30,31)32)10-16-18(14)34-20(36-16)13-7-4-8-15(17(13)25)33-19(35)11-5-2-1-3-6-11/h1-10H,(H,33,35). The topological polar surface area (TPSA) is 55.1 Å². The summed E-state index contributed by atoms with van der Waals surface area (Å²) >= 11 is 2.78. The van der Waals surface area contributed by atoms with Crippen molar-refractivity contribution in [3.63, 3.8) is 0 Å². The van der Waals surface area contributed by atoms with Gasteiger partial charge in [-0.05, 0) is 52.3 Å². The number of benzene rings is 3. The van der Waals surface area contributed by atoms with Gasteiger partial charge in [-0.2, -0.15) is 26.3 Å². The molecule has 1 aromatic heterocycles. The molecule has 4 rings (SSSR count). The van der Waals surface area contributed by atoms with Crippen molar-refractivity contribution in [1.82, 2.24) is 4.98 Å². The molecule has 36 heavy (non-hydrogen) atoms. The van der Waals surface area contributed by atoms with Gasteiger partial charge in [0.2, 0.25) is 5.89 Å². The smallest absolute Gasteiger partial charge is 0.435 e. The van der Waals surface area contributed by atoms with Gasteiger partial charge in [-0.15, -0.1) is 0 Å². The molecular weight excluding hydrogens is 568 g/mol. The van der Waals surface area contributed by atoms with E-state index in [9.17, 15) is 35.5 Å². The average Bonchev–Trinajstić information content (AvgIpc) is 3.23. The van der Waals surface area contributed by atoms with Crippen LogP contribution in [-0.2, 0) is 5.67 Å². The molecule has 1 N–H and O–H groups in total. The predicted octanol–water partition coefficient (Wildman–Crippen LogP) is 7.94. The normalized spacial score (nSPS) is 12.7. The first-order chi connectivity index (χ1) is 16.7. The van der Waals surface area contributed by atoms with E-state index in [1.807, 2.05) is 0 Å². The number of halogens is 9. The van der Waals surface area contributed by atoms with Crippen LogP contribution in [0.5, 0.6) is 0 Å². The number of carbonyl (C=O) groups is 1. The van der Waals surface area contributed by atoms with E-state index in [0.29, 0.717) is 0 Å². The zero-order chi connectivity index (χ0) is 26.5.